The Balaban J connectivity index is 2.07. The fourth-order valence-electron chi connectivity index (χ4n) is 2.55. The van der Waals surface area contributed by atoms with E-state index >= 15 is 0 Å². The predicted molar refractivity (Wildman–Crippen MR) is 96.0 cm³/mol. The standard InChI is InChI=1S/C19H14N2O5/c22-20(23)17-12-18(21(24)25)19(26-13-14-7-3-1-4-8-14)11-16(17)15-9-5-2-6-10-15/h1-12H,13H2. The van der Waals surface area contributed by atoms with Gasteiger partial charge >= 0.3 is 5.69 Å². The summed E-state index contributed by atoms with van der Waals surface area (Å²) in [5.74, 6) is -0.0108. The van der Waals surface area contributed by atoms with Gasteiger partial charge in [0.15, 0.2) is 5.75 Å². The molecule has 0 fully saturated rings. The summed E-state index contributed by atoms with van der Waals surface area (Å²) in [6.45, 7) is 0.119. The van der Waals surface area contributed by atoms with E-state index in [4.69, 9.17) is 4.74 Å². The summed E-state index contributed by atoms with van der Waals surface area (Å²) >= 11 is 0. The van der Waals surface area contributed by atoms with Gasteiger partial charge in [0.2, 0.25) is 0 Å². The van der Waals surface area contributed by atoms with E-state index in [1.165, 1.54) is 6.07 Å². The van der Waals surface area contributed by atoms with Gasteiger partial charge in [-0.15, -0.1) is 0 Å². The lowest BCUT2D eigenvalue weighted by Gasteiger charge is -2.10. The van der Waals surface area contributed by atoms with Crippen LogP contribution in [0.3, 0.4) is 0 Å². The molecule has 0 radical (unpaired) electrons. The smallest absolute Gasteiger partial charge is 0.317 e. The highest BCUT2D eigenvalue weighted by atomic mass is 16.6. The van der Waals surface area contributed by atoms with Crippen LogP contribution >= 0.6 is 0 Å². The van der Waals surface area contributed by atoms with Crippen molar-refractivity contribution in [3.63, 3.8) is 0 Å². The van der Waals surface area contributed by atoms with E-state index in [-0.39, 0.29) is 23.6 Å². The topological polar surface area (TPSA) is 95.5 Å². The average Bonchev–Trinajstić information content (AvgIpc) is 2.67. The molecule has 3 rings (SSSR count). The third kappa shape index (κ3) is 3.67. The van der Waals surface area contributed by atoms with Crippen molar-refractivity contribution >= 4 is 11.4 Å². The number of rotatable bonds is 6. The van der Waals surface area contributed by atoms with E-state index in [9.17, 15) is 20.2 Å². The lowest BCUT2D eigenvalue weighted by Crippen LogP contribution is -2.02. The van der Waals surface area contributed by atoms with Crippen LogP contribution in [0.1, 0.15) is 5.56 Å². The molecule has 0 saturated heterocycles. The van der Waals surface area contributed by atoms with E-state index in [0.717, 1.165) is 11.6 Å². The van der Waals surface area contributed by atoms with Crippen LogP contribution in [-0.2, 0) is 6.61 Å². The van der Waals surface area contributed by atoms with E-state index < -0.39 is 15.5 Å². The van der Waals surface area contributed by atoms with Crippen molar-refractivity contribution in [2.75, 3.05) is 0 Å². The van der Waals surface area contributed by atoms with Gasteiger partial charge < -0.3 is 4.74 Å². The number of hydrogen-bond donors (Lipinski definition) is 0. The zero-order valence-electron chi connectivity index (χ0n) is 13.6. The second-order valence-electron chi connectivity index (χ2n) is 5.49. The summed E-state index contributed by atoms with van der Waals surface area (Å²) in [4.78, 5) is 21.5. The van der Waals surface area contributed by atoms with Crippen LogP contribution in [0, 0.1) is 20.2 Å². The minimum Gasteiger partial charge on any atom is -0.482 e. The molecule has 0 aromatic heterocycles. The third-order valence-electron chi connectivity index (χ3n) is 3.79. The fraction of sp³-hybridized carbons (Fsp3) is 0.0526. The lowest BCUT2D eigenvalue weighted by molar-refractivity contribution is -0.394. The maximum atomic E-state index is 11.4. The molecule has 0 bridgehead atoms. The minimum absolute atomic E-state index is 0.0108. The fourth-order valence-corrected chi connectivity index (χ4v) is 2.55. The van der Waals surface area contributed by atoms with Crippen LogP contribution in [0.4, 0.5) is 11.4 Å². The largest absolute Gasteiger partial charge is 0.482 e. The van der Waals surface area contributed by atoms with Gasteiger partial charge in [0.1, 0.15) is 6.61 Å². The molecule has 0 N–H and O–H groups in total. The number of ether oxygens (including phenoxy) is 1. The molecule has 0 amide bonds. The second-order valence-corrected chi connectivity index (χ2v) is 5.49. The molecule has 7 nitrogen and oxygen atoms in total. The zero-order valence-corrected chi connectivity index (χ0v) is 13.6. The molecule has 0 heterocycles. The van der Waals surface area contributed by atoms with Crippen LogP contribution in [0.25, 0.3) is 11.1 Å². The number of benzene rings is 3. The van der Waals surface area contributed by atoms with Gasteiger partial charge in [-0.05, 0) is 11.1 Å². The molecular weight excluding hydrogens is 336 g/mol. The Bertz CT molecular complexity index is 943. The Morgan fingerprint density at radius 1 is 0.769 bits per heavy atom. The van der Waals surface area contributed by atoms with E-state index in [1.54, 1.807) is 30.3 Å². The summed E-state index contributed by atoms with van der Waals surface area (Å²) in [5, 5.41) is 22.8. The molecule has 0 spiro atoms. The van der Waals surface area contributed by atoms with Crippen LogP contribution in [0.15, 0.2) is 72.8 Å². The molecule has 130 valence electrons. The van der Waals surface area contributed by atoms with Crippen molar-refractivity contribution < 1.29 is 14.6 Å². The highest BCUT2D eigenvalue weighted by molar-refractivity contribution is 5.78. The first-order valence-corrected chi connectivity index (χ1v) is 7.75. The van der Waals surface area contributed by atoms with Gasteiger partial charge in [0.05, 0.1) is 21.5 Å². The zero-order chi connectivity index (χ0) is 18.5. The SMILES string of the molecule is O=[N+]([O-])c1cc([N+](=O)[O-])c(-c2ccccc2)cc1OCc1ccccc1. The highest BCUT2D eigenvalue weighted by Crippen LogP contribution is 2.40. The van der Waals surface area contributed by atoms with Gasteiger partial charge in [-0.3, -0.25) is 20.2 Å². The summed E-state index contributed by atoms with van der Waals surface area (Å²) in [7, 11) is 0. The molecule has 26 heavy (non-hydrogen) atoms. The maximum absolute atomic E-state index is 11.4. The van der Waals surface area contributed by atoms with Crippen molar-refractivity contribution in [3.8, 4) is 16.9 Å². The summed E-state index contributed by atoms with van der Waals surface area (Å²) in [6.07, 6.45) is 0. The average molecular weight is 350 g/mol. The van der Waals surface area contributed by atoms with Gasteiger partial charge in [0, 0.05) is 6.07 Å². The van der Waals surface area contributed by atoms with Crippen molar-refractivity contribution in [3.05, 3.63) is 98.6 Å². The molecule has 0 aliphatic carbocycles. The lowest BCUT2D eigenvalue weighted by atomic mass is 10.0. The van der Waals surface area contributed by atoms with Crippen molar-refractivity contribution in [1.82, 2.24) is 0 Å². The predicted octanol–water partition coefficient (Wildman–Crippen LogP) is 4.75. The molecular formula is C19H14N2O5. The Hall–Kier alpha value is -3.74. The van der Waals surface area contributed by atoms with Crippen LogP contribution in [0.2, 0.25) is 0 Å². The van der Waals surface area contributed by atoms with Gasteiger partial charge in [-0.1, -0.05) is 60.7 Å². The Morgan fingerprint density at radius 2 is 1.35 bits per heavy atom. The molecule has 0 atom stereocenters. The van der Waals surface area contributed by atoms with Crippen molar-refractivity contribution in [2.45, 2.75) is 6.61 Å². The summed E-state index contributed by atoms with van der Waals surface area (Å²) in [6, 6.07) is 20.2. The molecule has 0 aliphatic heterocycles. The highest BCUT2D eigenvalue weighted by Gasteiger charge is 2.26. The molecule has 0 saturated carbocycles. The first-order chi connectivity index (χ1) is 12.6. The number of hydrogen-bond acceptors (Lipinski definition) is 5. The van der Waals surface area contributed by atoms with E-state index in [1.807, 2.05) is 30.3 Å². The Labute approximate surface area is 148 Å². The Morgan fingerprint density at radius 3 is 1.92 bits per heavy atom. The maximum Gasteiger partial charge on any atom is 0.317 e. The van der Waals surface area contributed by atoms with Crippen molar-refractivity contribution in [2.24, 2.45) is 0 Å². The molecule has 0 unspecified atom stereocenters. The first kappa shape index (κ1) is 17.1. The second kappa shape index (κ2) is 7.43. The van der Waals surface area contributed by atoms with Crippen LogP contribution < -0.4 is 4.74 Å². The monoisotopic (exact) mass is 350 g/mol. The Kier molecular flexibility index (Phi) is 4.89. The molecule has 7 heteroatoms. The third-order valence-corrected chi connectivity index (χ3v) is 3.79. The number of nitrogens with zero attached hydrogens (tertiary/aromatic N) is 2. The minimum atomic E-state index is -0.678. The molecule has 0 aliphatic rings. The number of nitro benzene ring substituents is 2. The summed E-state index contributed by atoms with van der Waals surface area (Å²) in [5.41, 5.74) is 0.909. The van der Waals surface area contributed by atoms with Crippen molar-refractivity contribution in [1.29, 1.82) is 0 Å². The van der Waals surface area contributed by atoms with E-state index in [0.29, 0.717) is 5.56 Å². The molecule has 3 aromatic rings. The van der Waals surface area contributed by atoms with Gasteiger partial charge in [0.25, 0.3) is 5.69 Å². The van der Waals surface area contributed by atoms with Gasteiger partial charge in [-0.2, -0.15) is 0 Å². The van der Waals surface area contributed by atoms with Gasteiger partial charge in [-0.25, -0.2) is 0 Å². The molecule has 3 aromatic carbocycles. The number of nitro groups is 2. The normalized spacial score (nSPS) is 10.3. The van der Waals surface area contributed by atoms with Crippen LogP contribution in [0.5, 0.6) is 5.75 Å². The first-order valence-electron chi connectivity index (χ1n) is 7.75. The summed E-state index contributed by atoms with van der Waals surface area (Å²) < 4.78 is 5.62. The van der Waals surface area contributed by atoms with Crippen LogP contribution in [-0.4, -0.2) is 9.85 Å². The quantitative estimate of drug-likeness (QED) is 0.472. The van der Waals surface area contributed by atoms with E-state index in [2.05, 4.69) is 0 Å².